The third-order valence-corrected chi connectivity index (χ3v) is 3.80. The van der Waals surface area contributed by atoms with E-state index < -0.39 is 0 Å². The van der Waals surface area contributed by atoms with Crippen molar-refractivity contribution in [2.45, 2.75) is 45.2 Å². The molecule has 1 N–H and O–H groups in total. The highest BCUT2D eigenvalue weighted by atomic mass is 79.9. The van der Waals surface area contributed by atoms with Crippen molar-refractivity contribution in [1.82, 2.24) is 5.32 Å². The van der Waals surface area contributed by atoms with E-state index >= 15 is 0 Å². The van der Waals surface area contributed by atoms with Crippen LogP contribution in [0.5, 0.6) is 5.75 Å². The Kier molecular flexibility index (Phi) is 6.83. The molecule has 0 saturated heterocycles. The molecular formula is C16H24BrNO2. The first-order chi connectivity index (χ1) is 9.79. The molecule has 0 amide bonds. The van der Waals surface area contributed by atoms with Gasteiger partial charge in [-0.05, 0) is 37.5 Å². The van der Waals surface area contributed by atoms with Crippen molar-refractivity contribution in [3.8, 4) is 5.75 Å². The summed E-state index contributed by atoms with van der Waals surface area (Å²) in [6.07, 6.45) is 4.89. The quantitative estimate of drug-likeness (QED) is 0.654. The monoisotopic (exact) mass is 341 g/mol. The van der Waals surface area contributed by atoms with Gasteiger partial charge in [0.25, 0.3) is 0 Å². The van der Waals surface area contributed by atoms with Gasteiger partial charge in [0.15, 0.2) is 0 Å². The molecule has 1 aromatic rings. The van der Waals surface area contributed by atoms with Crippen LogP contribution in [0.3, 0.4) is 0 Å². The van der Waals surface area contributed by atoms with Crippen LogP contribution in [0.4, 0.5) is 0 Å². The Bertz CT molecular complexity index is 407. The molecule has 3 nitrogen and oxygen atoms in total. The molecule has 0 aromatic heterocycles. The van der Waals surface area contributed by atoms with E-state index in [1.54, 1.807) is 0 Å². The van der Waals surface area contributed by atoms with E-state index in [1.165, 1.54) is 24.8 Å². The van der Waals surface area contributed by atoms with E-state index in [2.05, 4.69) is 34.2 Å². The standard InChI is InChI=1S/C16H24BrNO2/c1-2-3-8-19-9-10-20-16-7-4-14(17)11-13(16)12-18-15-5-6-15/h4,7,11,15,18H,2-3,5-6,8-10,12H2,1H3. The maximum absolute atomic E-state index is 5.84. The first kappa shape index (κ1) is 15.8. The minimum absolute atomic E-state index is 0.613. The zero-order valence-corrected chi connectivity index (χ0v) is 13.7. The molecular weight excluding hydrogens is 318 g/mol. The molecule has 0 bridgehead atoms. The number of nitrogens with one attached hydrogen (secondary N) is 1. The molecule has 0 aliphatic heterocycles. The van der Waals surface area contributed by atoms with Crippen LogP contribution in [0.1, 0.15) is 38.2 Å². The van der Waals surface area contributed by atoms with Gasteiger partial charge in [-0.1, -0.05) is 29.3 Å². The molecule has 0 radical (unpaired) electrons. The highest BCUT2D eigenvalue weighted by Crippen LogP contribution is 2.25. The van der Waals surface area contributed by atoms with Crippen molar-refractivity contribution in [3.63, 3.8) is 0 Å². The summed E-state index contributed by atoms with van der Waals surface area (Å²) in [4.78, 5) is 0. The zero-order valence-electron chi connectivity index (χ0n) is 12.2. The number of rotatable bonds is 10. The lowest BCUT2D eigenvalue weighted by Gasteiger charge is -2.13. The molecule has 0 unspecified atom stereocenters. The zero-order chi connectivity index (χ0) is 14.2. The predicted octanol–water partition coefficient (Wildman–Crippen LogP) is 3.90. The largest absolute Gasteiger partial charge is 0.491 e. The summed E-state index contributed by atoms with van der Waals surface area (Å²) in [6.45, 7) is 5.14. The summed E-state index contributed by atoms with van der Waals surface area (Å²) in [7, 11) is 0. The normalized spacial score (nSPS) is 14.5. The summed E-state index contributed by atoms with van der Waals surface area (Å²) >= 11 is 3.52. The van der Waals surface area contributed by atoms with E-state index in [0.717, 1.165) is 29.8 Å². The van der Waals surface area contributed by atoms with Crippen LogP contribution >= 0.6 is 15.9 Å². The maximum atomic E-state index is 5.84. The van der Waals surface area contributed by atoms with E-state index in [4.69, 9.17) is 9.47 Å². The van der Waals surface area contributed by atoms with Gasteiger partial charge in [0, 0.05) is 29.2 Å². The Morgan fingerprint density at radius 3 is 2.85 bits per heavy atom. The molecule has 1 aliphatic rings. The summed E-state index contributed by atoms with van der Waals surface area (Å²) in [5.41, 5.74) is 1.21. The van der Waals surface area contributed by atoms with Gasteiger partial charge in [0.1, 0.15) is 12.4 Å². The molecule has 1 aliphatic carbocycles. The topological polar surface area (TPSA) is 30.5 Å². The van der Waals surface area contributed by atoms with Gasteiger partial charge in [-0.25, -0.2) is 0 Å². The Morgan fingerprint density at radius 2 is 2.10 bits per heavy atom. The Hall–Kier alpha value is -0.580. The molecule has 0 atom stereocenters. The number of benzene rings is 1. The lowest BCUT2D eigenvalue weighted by atomic mass is 10.2. The fraction of sp³-hybridized carbons (Fsp3) is 0.625. The Balaban J connectivity index is 1.76. The average Bonchev–Trinajstić information content (AvgIpc) is 3.26. The van der Waals surface area contributed by atoms with Gasteiger partial charge in [-0.15, -0.1) is 0 Å². The third-order valence-electron chi connectivity index (χ3n) is 3.31. The van der Waals surface area contributed by atoms with Gasteiger partial charge >= 0.3 is 0 Å². The number of hydrogen-bond donors (Lipinski definition) is 1. The number of hydrogen-bond acceptors (Lipinski definition) is 3. The van der Waals surface area contributed by atoms with Crippen LogP contribution in [-0.2, 0) is 11.3 Å². The van der Waals surface area contributed by atoms with Crippen molar-refractivity contribution >= 4 is 15.9 Å². The van der Waals surface area contributed by atoms with Crippen molar-refractivity contribution in [3.05, 3.63) is 28.2 Å². The second-order valence-electron chi connectivity index (χ2n) is 5.22. The average molecular weight is 342 g/mol. The van der Waals surface area contributed by atoms with E-state index in [1.807, 2.05) is 12.1 Å². The van der Waals surface area contributed by atoms with Crippen molar-refractivity contribution in [2.75, 3.05) is 19.8 Å². The van der Waals surface area contributed by atoms with E-state index in [9.17, 15) is 0 Å². The maximum Gasteiger partial charge on any atom is 0.123 e. The fourth-order valence-corrected chi connectivity index (χ4v) is 2.34. The first-order valence-electron chi connectivity index (χ1n) is 7.52. The van der Waals surface area contributed by atoms with Crippen molar-refractivity contribution < 1.29 is 9.47 Å². The minimum Gasteiger partial charge on any atom is -0.491 e. The molecule has 2 rings (SSSR count). The van der Waals surface area contributed by atoms with Crippen LogP contribution in [0, 0.1) is 0 Å². The second-order valence-corrected chi connectivity index (χ2v) is 6.14. The number of ether oxygens (including phenoxy) is 2. The van der Waals surface area contributed by atoms with Crippen molar-refractivity contribution in [2.24, 2.45) is 0 Å². The summed E-state index contributed by atoms with van der Waals surface area (Å²) in [5.74, 6) is 0.959. The summed E-state index contributed by atoms with van der Waals surface area (Å²) < 4.78 is 12.5. The number of halogens is 1. The van der Waals surface area contributed by atoms with Crippen LogP contribution < -0.4 is 10.1 Å². The van der Waals surface area contributed by atoms with Gasteiger partial charge in [-0.3, -0.25) is 0 Å². The smallest absolute Gasteiger partial charge is 0.123 e. The number of unbranched alkanes of at least 4 members (excludes halogenated alkanes) is 1. The van der Waals surface area contributed by atoms with Crippen LogP contribution in [0.25, 0.3) is 0 Å². The molecule has 0 spiro atoms. The highest BCUT2D eigenvalue weighted by Gasteiger charge is 2.20. The lowest BCUT2D eigenvalue weighted by molar-refractivity contribution is 0.0977. The van der Waals surface area contributed by atoms with Crippen LogP contribution in [0.15, 0.2) is 22.7 Å². The van der Waals surface area contributed by atoms with E-state index in [-0.39, 0.29) is 0 Å². The van der Waals surface area contributed by atoms with Gasteiger partial charge in [-0.2, -0.15) is 0 Å². The fourth-order valence-electron chi connectivity index (χ4n) is 1.93. The van der Waals surface area contributed by atoms with Gasteiger partial charge in [0.2, 0.25) is 0 Å². The molecule has 1 aromatic carbocycles. The van der Waals surface area contributed by atoms with E-state index in [0.29, 0.717) is 19.3 Å². The van der Waals surface area contributed by atoms with Gasteiger partial charge in [0.05, 0.1) is 6.61 Å². The Morgan fingerprint density at radius 1 is 1.25 bits per heavy atom. The summed E-state index contributed by atoms with van der Waals surface area (Å²) in [5, 5.41) is 3.53. The van der Waals surface area contributed by atoms with Crippen LogP contribution in [0.2, 0.25) is 0 Å². The summed E-state index contributed by atoms with van der Waals surface area (Å²) in [6, 6.07) is 6.88. The molecule has 20 heavy (non-hydrogen) atoms. The first-order valence-corrected chi connectivity index (χ1v) is 8.31. The molecule has 0 heterocycles. The highest BCUT2D eigenvalue weighted by molar-refractivity contribution is 9.10. The molecule has 1 saturated carbocycles. The van der Waals surface area contributed by atoms with Gasteiger partial charge < -0.3 is 14.8 Å². The minimum atomic E-state index is 0.613. The second kappa shape index (κ2) is 8.65. The Labute approximate surface area is 130 Å². The molecule has 112 valence electrons. The SMILES string of the molecule is CCCCOCCOc1ccc(Br)cc1CNC1CC1. The van der Waals surface area contributed by atoms with Crippen LogP contribution in [-0.4, -0.2) is 25.9 Å². The lowest BCUT2D eigenvalue weighted by Crippen LogP contribution is -2.16. The third kappa shape index (κ3) is 5.81. The van der Waals surface area contributed by atoms with Crippen molar-refractivity contribution in [1.29, 1.82) is 0 Å². The molecule has 4 heteroatoms. The predicted molar refractivity (Wildman–Crippen MR) is 85.2 cm³/mol. The molecule has 1 fully saturated rings.